The summed E-state index contributed by atoms with van der Waals surface area (Å²) in [5, 5.41) is 4.63. The van der Waals surface area contributed by atoms with Crippen LogP contribution in [0.5, 0.6) is 5.75 Å². The van der Waals surface area contributed by atoms with Gasteiger partial charge in [0.2, 0.25) is 5.91 Å². The van der Waals surface area contributed by atoms with Crippen LogP contribution in [0.15, 0.2) is 53.6 Å². The molecule has 0 radical (unpaired) electrons. The fourth-order valence-corrected chi connectivity index (χ4v) is 3.23. The minimum atomic E-state index is -0.156. The van der Waals surface area contributed by atoms with E-state index in [4.69, 9.17) is 16.3 Å². The maximum absolute atomic E-state index is 12.5. The molecule has 1 heterocycles. The Labute approximate surface area is 169 Å². The van der Waals surface area contributed by atoms with Crippen molar-refractivity contribution in [2.75, 3.05) is 20.2 Å². The van der Waals surface area contributed by atoms with E-state index in [1.165, 1.54) is 0 Å². The minimum Gasteiger partial charge on any atom is -0.497 e. The number of hydrogen-bond donors (Lipinski definition) is 1. The fraction of sp³-hybridized carbons (Fsp3) is 0.286. The molecule has 0 atom stereocenters. The molecule has 6 nitrogen and oxygen atoms in total. The molecule has 2 amide bonds. The molecule has 2 aromatic carbocycles. The summed E-state index contributed by atoms with van der Waals surface area (Å²) in [6.07, 6.45) is 2.80. The molecular formula is C21H22ClN3O3. The molecule has 28 heavy (non-hydrogen) atoms. The van der Waals surface area contributed by atoms with E-state index in [9.17, 15) is 9.59 Å². The fourth-order valence-electron chi connectivity index (χ4n) is 3.10. The largest absolute Gasteiger partial charge is 0.497 e. The third-order valence-corrected chi connectivity index (χ3v) is 4.98. The Kier molecular flexibility index (Phi) is 6.66. The van der Waals surface area contributed by atoms with Crippen molar-refractivity contribution in [1.29, 1.82) is 0 Å². The predicted molar refractivity (Wildman–Crippen MR) is 109 cm³/mol. The number of ether oxygens (including phenoxy) is 1. The number of nitrogens with one attached hydrogen (secondary N) is 1. The number of amides is 2. The van der Waals surface area contributed by atoms with Gasteiger partial charge < -0.3 is 9.64 Å². The van der Waals surface area contributed by atoms with Crippen molar-refractivity contribution < 1.29 is 14.3 Å². The Bertz CT molecular complexity index is 859. The van der Waals surface area contributed by atoms with Gasteiger partial charge in [0.15, 0.2) is 0 Å². The summed E-state index contributed by atoms with van der Waals surface area (Å²) >= 11 is 5.86. The summed E-state index contributed by atoms with van der Waals surface area (Å²) in [7, 11) is 1.60. The second-order valence-corrected chi connectivity index (χ2v) is 7.02. The molecular weight excluding hydrogens is 378 g/mol. The average molecular weight is 400 g/mol. The maximum atomic E-state index is 12.5. The van der Waals surface area contributed by atoms with Crippen LogP contribution in [0.1, 0.15) is 28.8 Å². The van der Waals surface area contributed by atoms with Crippen molar-refractivity contribution in [2.24, 2.45) is 11.0 Å². The second kappa shape index (κ2) is 9.37. The SMILES string of the molecule is COc1cccc(/C=N\NC(=O)C2CCN(C(=O)c3ccc(Cl)cc3)CC2)c1. The minimum absolute atomic E-state index is 0.0356. The predicted octanol–water partition coefficient (Wildman–Crippen LogP) is 3.35. The van der Waals surface area contributed by atoms with Crippen molar-refractivity contribution in [3.63, 3.8) is 0 Å². The highest BCUT2D eigenvalue weighted by Gasteiger charge is 2.27. The van der Waals surface area contributed by atoms with Crippen molar-refractivity contribution >= 4 is 29.6 Å². The molecule has 0 saturated carbocycles. The summed E-state index contributed by atoms with van der Waals surface area (Å²) in [6.45, 7) is 1.08. The molecule has 0 unspecified atom stereocenters. The third-order valence-electron chi connectivity index (χ3n) is 4.73. The highest BCUT2D eigenvalue weighted by molar-refractivity contribution is 6.30. The Morgan fingerprint density at radius 1 is 1.18 bits per heavy atom. The van der Waals surface area contributed by atoms with Gasteiger partial charge in [-0.25, -0.2) is 5.43 Å². The highest BCUT2D eigenvalue weighted by Crippen LogP contribution is 2.20. The molecule has 1 saturated heterocycles. The Hall–Kier alpha value is -2.86. The maximum Gasteiger partial charge on any atom is 0.253 e. The number of piperidine rings is 1. The lowest BCUT2D eigenvalue weighted by Crippen LogP contribution is -2.42. The van der Waals surface area contributed by atoms with Gasteiger partial charge in [0.25, 0.3) is 5.91 Å². The van der Waals surface area contributed by atoms with Crippen molar-refractivity contribution in [2.45, 2.75) is 12.8 Å². The number of hydrogen-bond acceptors (Lipinski definition) is 4. The van der Waals surface area contributed by atoms with Gasteiger partial charge in [0, 0.05) is 29.6 Å². The highest BCUT2D eigenvalue weighted by atomic mass is 35.5. The van der Waals surface area contributed by atoms with Crippen molar-refractivity contribution in [1.82, 2.24) is 10.3 Å². The lowest BCUT2D eigenvalue weighted by molar-refractivity contribution is -0.126. The zero-order valence-corrected chi connectivity index (χ0v) is 16.4. The molecule has 7 heteroatoms. The molecule has 0 bridgehead atoms. The number of carbonyl (C=O) groups is 2. The lowest BCUT2D eigenvalue weighted by atomic mass is 9.95. The zero-order valence-electron chi connectivity index (χ0n) is 15.6. The smallest absolute Gasteiger partial charge is 0.253 e. The number of halogens is 1. The van der Waals surface area contributed by atoms with Gasteiger partial charge in [-0.1, -0.05) is 23.7 Å². The van der Waals surface area contributed by atoms with Crippen molar-refractivity contribution in [3.8, 4) is 5.75 Å². The average Bonchev–Trinajstić information content (AvgIpc) is 2.74. The first-order chi connectivity index (χ1) is 13.6. The summed E-state index contributed by atoms with van der Waals surface area (Å²) in [5.74, 6) is 0.411. The number of carbonyl (C=O) groups excluding carboxylic acids is 2. The van der Waals surface area contributed by atoms with Gasteiger partial charge in [0.05, 0.1) is 13.3 Å². The van der Waals surface area contributed by atoms with Crippen LogP contribution in [0, 0.1) is 5.92 Å². The Balaban J connectivity index is 1.48. The van der Waals surface area contributed by atoms with Crippen LogP contribution in [0.25, 0.3) is 0 Å². The summed E-state index contributed by atoms with van der Waals surface area (Å²) in [6, 6.07) is 14.2. The lowest BCUT2D eigenvalue weighted by Gasteiger charge is -2.31. The first-order valence-corrected chi connectivity index (χ1v) is 9.46. The Morgan fingerprint density at radius 2 is 1.89 bits per heavy atom. The van der Waals surface area contributed by atoms with E-state index in [-0.39, 0.29) is 17.7 Å². The van der Waals surface area contributed by atoms with Crippen molar-refractivity contribution in [3.05, 3.63) is 64.7 Å². The standard InChI is InChI=1S/C21H22ClN3O3/c1-28-19-4-2-3-15(13-19)14-23-24-20(26)16-9-11-25(12-10-16)21(27)17-5-7-18(22)8-6-17/h2-8,13-14,16H,9-12H2,1H3,(H,24,26)/b23-14-. The topological polar surface area (TPSA) is 71.0 Å². The van der Waals surface area contributed by atoms with E-state index >= 15 is 0 Å². The van der Waals surface area contributed by atoms with E-state index in [0.717, 1.165) is 11.3 Å². The number of benzene rings is 2. The molecule has 3 rings (SSSR count). The van der Waals surface area contributed by atoms with Crippen LogP contribution in [0.4, 0.5) is 0 Å². The van der Waals surface area contributed by atoms with E-state index in [2.05, 4.69) is 10.5 Å². The van der Waals surface area contributed by atoms with Gasteiger partial charge in [0.1, 0.15) is 5.75 Å². The Morgan fingerprint density at radius 3 is 2.57 bits per heavy atom. The van der Waals surface area contributed by atoms with Crippen LogP contribution < -0.4 is 10.2 Å². The van der Waals surface area contributed by atoms with Crippen LogP contribution in [0.3, 0.4) is 0 Å². The van der Waals surface area contributed by atoms with E-state index in [0.29, 0.717) is 36.5 Å². The monoisotopic (exact) mass is 399 g/mol. The quantitative estimate of drug-likeness (QED) is 0.619. The van der Waals surface area contributed by atoms with Gasteiger partial charge >= 0.3 is 0 Å². The first-order valence-electron chi connectivity index (χ1n) is 9.08. The van der Waals surface area contributed by atoms with Crippen LogP contribution >= 0.6 is 11.6 Å². The second-order valence-electron chi connectivity index (χ2n) is 6.58. The van der Waals surface area contributed by atoms with Crippen LogP contribution in [-0.4, -0.2) is 43.1 Å². The number of hydrazone groups is 1. The van der Waals surface area contributed by atoms with E-state index in [1.807, 2.05) is 24.3 Å². The number of rotatable bonds is 5. The van der Waals surface area contributed by atoms with E-state index < -0.39 is 0 Å². The van der Waals surface area contributed by atoms with Crippen LogP contribution in [0.2, 0.25) is 5.02 Å². The number of nitrogens with zero attached hydrogens (tertiary/aromatic N) is 2. The zero-order chi connectivity index (χ0) is 19.9. The molecule has 1 aliphatic heterocycles. The number of methoxy groups -OCH3 is 1. The van der Waals surface area contributed by atoms with Gasteiger partial charge in [-0.05, 0) is 54.8 Å². The molecule has 146 valence electrons. The summed E-state index contributed by atoms with van der Waals surface area (Å²) < 4.78 is 5.16. The molecule has 1 fully saturated rings. The molecule has 2 aromatic rings. The number of likely N-dealkylation sites (tertiary alicyclic amines) is 1. The molecule has 0 aromatic heterocycles. The molecule has 0 spiro atoms. The van der Waals surface area contributed by atoms with Gasteiger partial charge in [-0.15, -0.1) is 0 Å². The third kappa shape index (κ3) is 5.10. The van der Waals surface area contributed by atoms with Crippen LogP contribution in [-0.2, 0) is 4.79 Å². The normalized spacial score (nSPS) is 14.9. The van der Waals surface area contributed by atoms with E-state index in [1.54, 1.807) is 42.5 Å². The first kappa shape index (κ1) is 19.9. The molecule has 1 aliphatic rings. The summed E-state index contributed by atoms with van der Waals surface area (Å²) in [5.41, 5.74) is 4.03. The molecule has 0 aliphatic carbocycles. The van der Waals surface area contributed by atoms with Gasteiger partial charge in [-0.2, -0.15) is 5.10 Å². The van der Waals surface area contributed by atoms with Gasteiger partial charge in [-0.3, -0.25) is 9.59 Å². The molecule has 1 N–H and O–H groups in total. The summed E-state index contributed by atoms with van der Waals surface area (Å²) in [4.78, 5) is 26.6.